The molecule has 0 atom stereocenters. The van der Waals surface area contributed by atoms with Crippen molar-refractivity contribution in [2.45, 2.75) is 32.2 Å². The highest BCUT2D eigenvalue weighted by atomic mass is 79.9. The van der Waals surface area contributed by atoms with Crippen LogP contribution in [0.25, 0.3) is 12.2 Å². The lowest BCUT2D eigenvalue weighted by molar-refractivity contribution is 0.293. The zero-order valence-electron chi connectivity index (χ0n) is 16.6. The summed E-state index contributed by atoms with van der Waals surface area (Å²) >= 11 is 3.37. The monoisotopic (exact) mass is 438 g/mol. The van der Waals surface area contributed by atoms with Crippen LogP contribution in [0.2, 0.25) is 0 Å². The summed E-state index contributed by atoms with van der Waals surface area (Å²) in [5.41, 5.74) is 3.99. The SMILES string of the molecule is C=Cc1ccc(CC(C)(C)NCCCOc2ccc(Br)cc2C#N)cc1C=C. The molecule has 0 aliphatic rings. The van der Waals surface area contributed by atoms with Gasteiger partial charge < -0.3 is 10.1 Å². The summed E-state index contributed by atoms with van der Waals surface area (Å²) in [6, 6.07) is 14.0. The Hall–Kier alpha value is -2.35. The molecule has 0 spiro atoms. The van der Waals surface area contributed by atoms with Gasteiger partial charge in [0.15, 0.2) is 0 Å². The molecule has 0 radical (unpaired) electrons. The Morgan fingerprint density at radius 3 is 2.57 bits per heavy atom. The quantitative estimate of drug-likeness (QED) is 0.463. The van der Waals surface area contributed by atoms with Crippen molar-refractivity contribution in [3.63, 3.8) is 0 Å². The first kappa shape index (κ1) is 21.9. The van der Waals surface area contributed by atoms with Gasteiger partial charge in [-0.3, -0.25) is 0 Å². The van der Waals surface area contributed by atoms with E-state index < -0.39 is 0 Å². The van der Waals surface area contributed by atoms with Gasteiger partial charge >= 0.3 is 0 Å². The standard InChI is InChI=1S/C24H27BrN2O/c1-5-19-9-8-18(14-20(19)6-2)16-24(3,4)27-12-7-13-28-23-11-10-22(25)15-21(23)17-26/h5-6,8-11,14-15,27H,1-2,7,12-13,16H2,3-4H3. The summed E-state index contributed by atoms with van der Waals surface area (Å²) < 4.78 is 6.64. The van der Waals surface area contributed by atoms with Crippen molar-refractivity contribution in [2.24, 2.45) is 0 Å². The first-order chi connectivity index (χ1) is 13.4. The maximum atomic E-state index is 9.19. The molecule has 0 aliphatic carbocycles. The third-order valence-corrected chi connectivity index (χ3v) is 4.97. The largest absolute Gasteiger partial charge is 0.492 e. The number of nitriles is 1. The van der Waals surface area contributed by atoms with Gasteiger partial charge in [0.25, 0.3) is 0 Å². The van der Waals surface area contributed by atoms with Crippen LogP contribution in [0, 0.1) is 11.3 Å². The molecule has 0 saturated heterocycles. The Morgan fingerprint density at radius 2 is 1.89 bits per heavy atom. The van der Waals surface area contributed by atoms with Crippen molar-refractivity contribution in [3.05, 3.63) is 76.3 Å². The fourth-order valence-electron chi connectivity index (χ4n) is 3.07. The zero-order chi connectivity index (χ0) is 20.6. The molecule has 0 saturated carbocycles. The van der Waals surface area contributed by atoms with E-state index in [9.17, 15) is 5.26 Å². The summed E-state index contributed by atoms with van der Waals surface area (Å²) in [4.78, 5) is 0. The molecule has 3 nitrogen and oxygen atoms in total. The second kappa shape index (κ2) is 10.3. The average molecular weight is 439 g/mol. The van der Waals surface area contributed by atoms with E-state index in [1.54, 1.807) is 6.07 Å². The smallest absolute Gasteiger partial charge is 0.137 e. The molecule has 0 bridgehead atoms. The molecular formula is C24H27BrN2O. The van der Waals surface area contributed by atoms with E-state index in [4.69, 9.17) is 4.74 Å². The number of ether oxygens (including phenoxy) is 1. The van der Waals surface area contributed by atoms with E-state index in [0.29, 0.717) is 17.9 Å². The van der Waals surface area contributed by atoms with Crippen LogP contribution in [-0.4, -0.2) is 18.7 Å². The maximum Gasteiger partial charge on any atom is 0.137 e. The highest BCUT2D eigenvalue weighted by Gasteiger charge is 2.17. The Morgan fingerprint density at radius 1 is 1.14 bits per heavy atom. The van der Waals surface area contributed by atoms with Gasteiger partial charge in [-0.2, -0.15) is 5.26 Å². The molecule has 28 heavy (non-hydrogen) atoms. The Bertz CT molecular complexity index is 881. The molecule has 1 N–H and O–H groups in total. The number of hydrogen-bond donors (Lipinski definition) is 1. The fraction of sp³-hybridized carbons (Fsp3) is 0.292. The Labute approximate surface area is 176 Å². The lowest BCUT2D eigenvalue weighted by Crippen LogP contribution is -2.42. The van der Waals surface area contributed by atoms with Crippen molar-refractivity contribution in [1.29, 1.82) is 5.26 Å². The summed E-state index contributed by atoms with van der Waals surface area (Å²) in [5.74, 6) is 0.629. The number of rotatable bonds is 10. The van der Waals surface area contributed by atoms with Crippen LogP contribution in [0.4, 0.5) is 0 Å². The van der Waals surface area contributed by atoms with E-state index in [0.717, 1.165) is 35.0 Å². The minimum atomic E-state index is -0.0381. The summed E-state index contributed by atoms with van der Waals surface area (Å²) in [6.45, 7) is 13.5. The summed E-state index contributed by atoms with van der Waals surface area (Å²) in [6.07, 6.45) is 5.50. The lowest BCUT2D eigenvalue weighted by atomic mass is 9.92. The molecule has 0 amide bonds. The summed E-state index contributed by atoms with van der Waals surface area (Å²) in [7, 11) is 0. The average Bonchev–Trinajstić information content (AvgIpc) is 2.68. The minimum Gasteiger partial charge on any atom is -0.492 e. The minimum absolute atomic E-state index is 0.0381. The van der Waals surface area contributed by atoms with Gasteiger partial charge in [-0.15, -0.1) is 0 Å². The molecule has 2 rings (SSSR count). The van der Waals surface area contributed by atoms with Crippen LogP contribution in [-0.2, 0) is 6.42 Å². The third-order valence-electron chi connectivity index (χ3n) is 4.48. The van der Waals surface area contributed by atoms with E-state index in [-0.39, 0.29) is 5.54 Å². The van der Waals surface area contributed by atoms with Crippen molar-refractivity contribution in [3.8, 4) is 11.8 Å². The van der Waals surface area contributed by atoms with E-state index in [1.165, 1.54) is 5.56 Å². The number of nitrogens with one attached hydrogen (secondary N) is 1. The van der Waals surface area contributed by atoms with Gasteiger partial charge in [0.2, 0.25) is 0 Å². The number of nitrogens with zero attached hydrogens (tertiary/aromatic N) is 1. The van der Waals surface area contributed by atoms with Gasteiger partial charge in [0, 0.05) is 10.0 Å². The second-order valence-electron chi connectivity index (χ2n) is 7.31. The van der Waals surface area contributed by atoms with Crippen molar-refractivity contribution in [1.82, 2.24) is 5.32 Å². The van der Waals surface area contributed by atoms with Crippen LogP contribution in [0.15, 0.2) is 54.0 Å². The van der Waals surface area contributed by atoms with Crippen LogP contribution in [0.1, 0.15) is 42.5 Å². The van der Waals surface area contributed by atoms with E-state index in [1.807, 2.05) is 24.3 Å². The van der Waals surface area contributed by atoms with Crippen LogP contribution in [0.5, 0.6) is 5.75 Å². The van der Waals surface area contributed by atoms with Gasteiger partial charge in [-0.05, 0) is 68.1 Å². The third kappa shape index (κ3) is 6.37. The normalized spacial score (nSPS) is 10.9. The van der Waals surface area contributed by atoms with E-state index in [2.05, 4.69) is 72.5 Å². The van der Waals surface area contributed by atoms with Gasteiger partial charge in [-0.1, -0.05) is 59.4 Å². The van der Waals surface area contributed by atoms with Gasteiger partial charge in [-0.25, -0.2) is 0 Å². The number of halogens is 1. The van der Waals surface area contributed by atoms with Crippen LogP contribution < -0.4 is 10.1 Å². The summed E-state index contributed by atoms with van der Waals surface area (Å²) in [5, 5.41) is 12.8. The lowest BCUT2D eigenvalue weighted by Gasteiger charge is -2.27. The second-order valence-corrected chi connectivity index (χ2v) is 8.23. The Balaban J connectivity index is 1.83. The Kier molecular flexibility index (Phi) is 8.04. The molecule has 146 valence electrons. The molecule has 4 heteroatoms. The molecule has 0 aromatic heterocycles. The fourth-order valence-corrected chi connectivity index (χ4v) is 3.43. The van der Waals surface area contributed by atoms with Crippen LogP contribution in [0.3, 0.4) is 0 Å². The first-order valence-corrected chi connectivity index (χ1v) is 10.1. The highest BCUT2D eigenvalue weighted by molar-refractivity contribution is 9.10. The highest BCUT2D eigenvalue weighted by Crippen LogP contribution is 2.22. The molecule has 2 aromatic carbocycles. The molecule has 0 aliphatic heterocycles. The molecule has 0 unspecified atom stereocenters. The maximum absolute atomic E-state index is 9.19. The molecule has 0 heterocycles. The number of benzene rings is 2. The van der Waals surface area contributed by atoms with E-state index >= 15 is 0 Å². The molecule has 0 fully saturated rings. The first-order valence-electron chi connectivity index (χ1n) is 9.34. The van der Waals surface area contributed by atoms with Gasteiger partial charge in [0.05, 0.1) is 12.2 Å². The zero-order valence-corrected chi connectivity index (χ0v) is 18.2. The van der Waals surface area contributed by atoms with Crippen molar-refractivity contribution >= 4 is 28.1 Å². The predicted molar refractivity (Wildman–Crippen MR) is 121 cm³/mol. The van der Waals surface area contributed by atoms with Crippen molar-refractivity contribution in [2.75, 3.05) is 13.2 Å². The molecular weight excluding hydrogens is 412 g/mol. The molecule has 2 aromatic rings. The number of hydrogen-bond acceptors (Lipinski definition) is 3. The predicted octanol–water partition coefficient (Wildman–Crippen LogP) is 5.99. The topological polar surface area (TPSA) is 45.0 Å². The van der Waals surface area contributed by atoms with Crippen LogP contribution >= 0.6 is 15.9 Å². The van der Waals surface area contributed by atoms with Gasteiger partial charge in [0.1, 0.15) is 11.8 Å². The van der Waals surface area contributed by atoms with Crippen molar-refractivity contribution < 1.29 is 4.74 Å².